The number of aliphatic hydroxyl groups excluding tert-OH is 1. The number of methoxy groups -OCH3 is 1. The van der Waals surface area contributed by atoms with Gasteiger partial charge in [0.2, 0.25) is 17.7 Å². The molecule has 3 saturated heterocycles. The van der Waals surface area contributed by atoms with Crippen molar-refractivity contribution in [3.05, 3.63) is 102 Å². The second-order valence-corrected chi connectivity index (χ2v) is 17.5. The van der Waals surface area contributed by atoms with Crippen molar-refractivity contribution in [1.29, 1.82) is 0 Å². The van der Waals surface area contributed by atoms with Gasteiger partial charge < -0.3 is 30.3 Å². The van der Waals surface area contributed by atoms with Crippen LogP contribution in [0, 0.1) is 17.3 Å². The summed E-state index contributed by atoms with van der Waals surface area (Å²) in [5, 5.41) is 18.2. The fourth-order valence-corrected chi connectivity index (χ4v) is 10.1. The maximum Gasteiger partial charge on any atom is 0.328 e. The number of rotatable bonds is 13. The number of piperidine rings is 1. The second kappa shape index (κ2) is 19.2. The molecule has 3 aliphatic heterocycles. The minimum absolute atomic E-state index is 0.128. The van der Waals surface area contributed by atoms with E-state index in [-0.39, 0.29) is 28.5 Å². The number of nitrogens with zero attached hydrogens (tertiary/aromatic N) is 2. The van der Waals surface area contributed by atoms with Crippen molar-refractivity contribution < 1.29 is 29.0 Å². The smallest absolute Gasteiger partial charge is 0.328 e. The molecule has 7 atom stereocenters. The summed E-state index contributed by atoms with van der Waals surface area (Å²) in [6, 6.07) is 27.6. The van der Waals surface area contributed by atoms with Gasteiger partial charge in [-0.15, -0.1) is 11.8 Å². The number of carbonyl (C=O) groups excluding carboxylic acids is 4. The van der Waals surface area contributed by atoms with E-state index in [1.54, 1.807) is 16.7 Å². The van der Waals surface area contributed by atoms with Crippen LogP contribution in [0.25, 0.3) is 0 Å². The molecule has 3 aliphatic rings. The number of hydrogen-bond donors (Lipinski definition) is 3. The molecule has 300 valence electrons. The molecule has 3 N–H and O–H groups in total. The number of para-hydroxylation sites is 1. The Bertz CT molecular complexity index is 1760. The minimum atomic E-state index is -0.929. The van der Waals surface area contributed by atoms with Gasteiger partial charge in [-0.05, 0) is 98.6 Å². The first kappa shape index (κ1) is 41.3. The molecule has 6 rings (SSSR count). The summed E-state index contributed by atoms with van der Waals surface area (Å²) in [5.41, 5.74) is 2.54. The summed E-state index contributed by atoms with van der Waals surface area (Å²) >= 11 is 1.66. The third-order valence-electron chi connectivity index (χ3n) is 12.0. The quantitative estimate of drug-likeness (QED) is 0.177. The van der Waals surface area contributed by atoms with Gasteiger partial charge in [-0.3, -0.25) is 14.4 Å². The predicted octanol–water partition coefficient (Wildman–Crippen LogP) is 6.12. The SMILES string of the molecule is COC(=O)C1CCCC2SCCC(NC(=O)C(CCC(Cc3ccccc3)C(=O)NC3C(O)N(c4ccccc4)CCCC3(C)C)Cc3ccccc3)C(=O)N21. The van der Waals surface area contributed by atoms with Crippen LogP contribution < -0.4 is 15.5 Å². The fourth-order valence-electron chi connectivity index (χ4n) is 8.71. The molecule has 3 aromatic rings. The molecule has 3 amide bonds. The number of fused-ring (bicyclic) bond motifs is 1. The van der Waals surface area contributed by atoms with Crippen molar-refractivity contribution in [2.75, 3.05) is 24.3 Å². The number of benzene rings is 3. The van der Waals surface area contributed by atoms with Gasteiger partial charge in [-0.25, -0.2) is 4.79 Å². The number of nitrogens with one attached hydrogen (secondary N) is 2. The van der Waals surface area contributed by atoms with Crippen molar-refractivity contribution in [3.63, 3.8) is 0 Å². The average Bonchev–Trinajstić information content (AvgIpc) is 3.44. The maximum absolute atomic E-state index is 14.6. The Balaban J connectivity index is 1.22. The van der Waals surface area contributed by atoms with E-state index >= 15 is 0 Å². The lowest BCUT2D eigenvalue weighted by Crippen LogP contribution is -2.58. The normalized spacial score (nSPS) is 24.8. The number of amides is 3. The zero-order chi connectivity index (χ0) is 39.7. The Kier molecular flexibility index (Phi) is 14.2. The summed E-state index contributed by atoms with van der Waals surface area (Å²) in [4.78, 5) is 59.5. The van der Waals surface area contributed by atoms with Gasteiger partial charge in [0.05, 0.1) is 18.5 Å². The fraction of sp³-hybridized carbons (Fsp3) is 0.511. The molecule has 10 nitrogen and oxygen atoms in total. The molecule has 0 aliphatic carbocycles. The van der Waals surface area contributed by atoms with Gasteiger partial charge >= 0.3 is 5.97 Å². The van der Waals surface area contributed by atoms with E-state index in [1.165, 1.54) is 7.11 Å². The molecule has 3 heterocycles. The van der Waals surface area contributed by atoms with Crippen LogP contribution in [0.2, 0.25) is 0 Å². The lowest BCUT2D eigenvalue weighted by atomic mass is 9.79. The molecule has 3 aromatic carbocycles. The van der Waals surface area contributed by atoms with Crippen LogP contribution in [0.1, 0.15) is 76.3 Å². The largest absolute Gasteiger partial charge is 0.467 e. The van der Waals surface area contributed by atoms with Crippen LogP contribution in [-0.2, 0) is 36.8 Å². The highest BCUT2D eigenvalue weighted by molar-refractivity contribution is 7.99. The highest BCUT2D eigenvalue weighted by Gasteiger charge is 2.45. The van der Waals surface area contributed by atoms with Crippen LogP contribution in [0.4, 0.5) is 5.69 Å². The van der Waals surface area contributed by atoms with E-state index < -0.39 is 42.2 Å². The number of ether oxygens (including phenoxy) is 1. The summed E-state index contributed by atoms with van der Waals surface area (Å²) < 4.78 is 5.08. The zero-order valence-electron chi connectivity index (χ0n) is 33.0. The van der Waals surface area contributed by atoms with Gasteiger partial charge in [0.15, 0.2) is 0 Å². The van der Waals surface area contributed by atoms with Crippen LogP contribution in [0.3, 0.4) is 0 Å². The molecule has 0 bridgehead atoms. The Labute approximate surface area is 336 Å². The molecule has 0 aromatic heterocycles. The van der Waals surface area contributed by atoms with Gasteiger partial charge in [0, 0.05) is 24.1 Å². The topological polar surface area (TPSA) is 128 Å². The van der Waals surface area contributed by atoms with Crippen molar-refractivity contribution in [3.8, 4) is 0 Å². The van der Waals surface area contributed by atoms with Gasteiger partial charge in [0.25, 0.3) is 0 Å². The molecule has 0 radical (unpaired) electrons. The van der Waals surface area contributed by atoms with Crippen molar-refractivity contribution in [1.82, 2.24) is 15.5 Å². The third kappa shape index (κ3) is 10.1. The number of hydrogen-bond acceptors (Lipinski definition) is 8. The number of anilines is 1. The number of thioether (sulfide) groups is 1. The molecule has 7 unspecified atom stereocenters. The molecule has 11 heteroatoms. The third-order valence-corrected chi connectivity index (χ3v) is 13.3. The van der Waals surface area contributed by atoms with E-state index in [9.17, 15) is 24.3 Å². The van der Waals surface area contributed by atoms with E-state index in [4.69, 9.17) is 4.74 Å². The number of carbonyl (C=O) groups is 4. The van der Waals surface area contributed by atoms with Crippen LogP contribution in [0.15, 0.2) is 91.0 Å². The lowest BCUT2D eigenvalue weighted by Gasteiger charge is -2.40. The standard InChI is InChI=1S/C45H58N4O6S/c1-45(2)26-14-27-48(35-19-11-6-12-20-35)43(53)39(45)47-41(51)34(30-32-17-9-5-10-18-32)24-23-33(29-31-15-7-4-8-16-31)40(50)46-36-25-28-56-38-22-13-21-37(44(54)55-3)49(38)42(36)52/h4-12,15-20,33-34,36-39,43,53H,13-14,21-30H2,1-3H3,(H,46,50)(H,47,51). The maximum atomic E-state index is 14.6. The van der Waals surface area contributed by atoms with Gasteiger partial charge in [0.1, 0.15) is 18.3 Å². The summed E-state index contributed by atoms with van der Waals surface area (Å²) in [7, 11) is 1.35. The Morgan fingerprint density at radius 1 is 0.821 bits per heavy atom. The first-order valence-corrected chi connectivity index (χ1v) is 21.3. The lowest BCUT2D eigenvalue weighted by molar-refractivity contribution is -0.156. The van der Waals surface area contributed by atoms with Crippen LogP contribution in [-0.4, -0.2) is 82.8 Å². The summed E-state index contributed by atoms with van der Waals surface area (Å²) in [6.45, 7) is 4.89. The van der Waals surface area contributed by atoms with E-state index in [2.05, 4.69) is 24.5 Å². The monoisotopic (exact) mass is 782 g/mol. The minimum Gasteiger partial charge on any atom is -0.467 e. The molecule has 0 saturated carbocycles. The van der Waals surface area contributed by atoms with Crippen molar-refractivity contribution >= 4 is 41.1 Å². The first-order chi connectivity index (χ1) is 27.1. The Hall–Kier alpha value is -4.35. The molecular formula is C45H58N4O6S. The first-order valence-electron chi connectivity index (χ1n) is 20.3. The molecule has 3 fully saturated rings. The molecule has 56 heavy (non-hydrogen) atoms. The highest BCUT2D eigenvalue weighted by atomic mass is 32.2. The number of aliphatic hydroxyl groups is 1. The Morgan fingerprint density at radius 3 is 1.98 bits per heavy atom. The van der Waals surface area contributed by atoms with E-state index in [0.29, 0.717) is 50.8 Å². The Morgan fingerprint density at radius 2 is 1.39 bits per heavy atom. The molecule has 0 spiro atoms. The zero-order valence-corrected chi connectivity index (χ0v) is 33.8. The van der Waals surface area contributed by atoms with E-state index in [1.807, 2.05) is 95.9 Å². The second-order valence-electron chi connectivity index (χ2n) is 16.3. The van der Waals surface area contributed by atoms with Crippen molar-refractivity contribution in [2.24, 2.45) is 17.3 Å². The van der Waals surface area contributed by atoms with Gasteiger partial charge in [-0.2, -0.15) is 0 Å². The molecular weight excluding hydrogens is 725 g/mol. The van der Waals surface area contributed by atoms with Crippen LogP contribution >= 0.6 is 11.8 Å². The average molecular weight is 783 g/mol. The highest BCUT2D eigenvalue weighted by Crippen LogP contribution is 2.37. The summed E-state index contributed by atoms with van der Waals surface area (Å²) in [6.07, 6.45) is 5.15. The van der Waals surface area contributed by atoms with E-state index in [0.717, 1.165) is 42.5 Å². The number of esters is 1. The van der Waals surface area contributed by atoms with Crippen LogP contribution in [0.5, 0.6) is 0 Å². The predicted molar refractivity (Wildman–Crippen MR) is 221 cm³/mol. The summed E-state index contributed by atoms with van der Waals surface area (Å²) in [5.74, 6) is -1.37. The van der Waals surface area contributed by atoms with Crippen molar-refractivity contribution in [2.45, 2.75) is 108 Å². The van der Waals surface area contributed by atoms with Gasteiger partial charge in [-0.1, -0.05) is 92.7 Å².